The van der Waals surface area contributed by atoms with E-state index in [0.29, 0.717) is 22.8 Å². The predicted molar refractivity (Wildman–Crippen MR) is 145 cm³/mol. The van der Waals surface area contributed by atoms with E-state index in [-0.39, 0.29) is 17.3 Å². The summed E-state index contributed by atoms with van der Waals surface area (Å²) in [7, 11) is -4.08. The maximum absolute atomic E-state index is 13.7. The van der Waals surface area contributed by atoms with E-state index in [1.165, 1.54) is 17.0 Å². The van der Waals surface area contributed by atoms with Gasteiger partial charge in [-0.2, -0.15) is 0 Å². The van der Waals surface area contributed by atoms with Crippen LogP contribution < -0.4 is 9.62 Å². The van der Waals surface area contributed by atoms with Crippen LogP contribution in [0.1, 0.15) is 19.4 Å². The van der Waals surface area contributed by atoms with Crippen molar-refractivity contribution in [1.82, 2.24) is 10.2 Å². The zero-order valence-electron chi connectivity index (χ0n) is 19.9. The monoisotopic (exact) mass is 591 g/mol. The molecule has 0 saturated carbocycles. The van der Waals surface area contributed by atoms with Gasteiger partial charge < -0.3 is 10.2 Å². The molecule has 2 amide bonds. The van der Waals surface area contributed by atoms with Crippen molar-refractivity contribution in [2.45, 2.75) is 31.3 Å². The van der Waals surface area contributed by atoms with Gasteiger partial charge in [-0.1, -0.05) is 57.9 Å². The molecule has 1 atom stereocenters. The van der Waals surface area contributed by atoms with Crippen LogP contribution in [0.5, 0.6) is 0 Å². The second-order valence-corrected chi connectivity index (χ2v) is 11.2. The summed E-state index contributed by atoms with van der Waals surface area (Å²) in [6.07, 6.45) is 0. The van der Waals surface area contributed by atoms with Crippen molar-refractivity contribution in [2.75, 3.05) is 17.4 Å². The number of likely N-dealkylation sites (N-methyl/N-ethyl adjacent to an activating group) is 1. The number of carbonyl (C=O) groups is 2. The molecule has 36 heavy (non-hydrogen) atoms. The van der Waals surface area contributed by atoms with Gasteiger partial charge in [-0.3, -0.25) is 13.9 Å². The molecule has 0 aliphatic heterocycles. The molecule has 0 aliphatic rings. The molecular weight excluding hydrogens is 566 g/mol. The van der Waals surface area contributed by atoms with Crippen molar-refractivity contribution in [3.05, 3.63) is 93.9 Å². The summed E-state index contributed by atoms with van der Waals surface area (Å²) in [5, 5.41) is 3.22. The molecule has 10 heteroatoms. The van der Waals surface area contributed by atoms with Crippen LogP contribution in [0.15, 0.2) is 88.2 Å². The maximum Gasteiger partial charge on any atom is 0.264 e. The lowest BCUT2D eigenvalue weighted by atomic mass is 10.1. The highest BCUT2D eigenvalue weighted by Crippen LogP contribution is 2.26. The molecule has 3 aromatic rings. The van der Waals surface area contributed by atoms with Crippen molar-refractivity contribution in [2.24, 2.45) is 0 Å². The second kappa shape index (κ2) is 12.4. The first kappa shape index (κ1) is 27.7. The SMILES string of the molecule is CCNC(=O)[C@H](C)N(Cc1cccc(Cl)c1)C(=O)CN(c1ccc(Br)cc1)S(=O)(=O)c1ccccc1. The number of rotatable bonds is 10. The van der Waals surface area contributed by atoms with Gasteiger partial charge in [0.15, 0.2) is 0 Å². The first-order chi connectivity index (χ1) is 17.1. The molecular formula is C26H27BrClN3O4S. The van der Waals surface area contributed by atoms with E-state index in [2.05, 4.69) is 21.2 Å². The molecule has 0 radical (unpaired) electrons. The Kier molecular flexibility index (Phi) is 9.53. The molecule has 0 heterocycles. The van der Waals surface area contributed by atoms with Gasteiger partial charge in [-0.25, -0.2) is 8.42 Å². The van der Waals surface area contributed by atoms with Gasteiger partial charge >= 0.3 is 0 Å². The number of hydrogen-bond acceptors (Lipinski definition) is 4. The van der Waals surface area contributed by atoms with Crippen LogP contribution in [0.25, 0.3) is 0 Å². The molecule has 190 valence electrons. The normalized spacial score (nSPS) is 12.0. The van der Waals surface area contributed by atoms with Gasteiger partial charge in [0.05, 0.1) is 10.6 Å². The van der Waals surface area contributed by atoms with Crippen molar-refractivity contribution in [3.63, 3.8) is 0 Å². The fraction of sp³-hybridized carbons (Fsp3) is 0.231. The minimum Gasteiger partial charge on any atom is -0.355 e. The molecule has 0 unspecified atom stereocenters. The van der Waals surface area contributed by atoms with Gasteiger partial charge in [0.25, 0.3) is 10.0 Å². The van der Waals surface area contributed by atoms with Gasteiger partial charge in [0, 0.05) is 22.6 Å². The maximum atomic E-state index is 13.7. The van der Waals surface area contributed by atoms with Crippen molar-refractivity contribution in [3.8, 4) is 0 Å². The summed E-state index contributed by atoms with van der Waals surface area (Å²) in [6.45, 7) is 3.38. The van der Waals surface area contributed by atoms with Crippen LogP contribution in [-0.4, -0.2) is 44.3 Å². The average molecular weight is 593 g/mol. The Morgan fingerprint density at radius 3 is 2.28 bits per heavy atom. The summed E-state index contributed by atoms with van der Waals surface area (Å²) >= 11 is 9.49. The van der Waals surface area contributed by atoms with E-state index < -0.39 is 28.5 Å². The van der Waals surface area contributed by atoms with Crippen LogP contribution in [0.2, 0.25) is 5.02 Å². The molecule has 0 aliphatic carbocycles. The predicted octanol–water partition coefficient (Wildman–Crippen LogP) is 4.85. The fourth-order valence-electron chi connectivity index (χ4n) is 3.59. The van der Waals surface area contributed by atoms with Crippen molar-refractivity contribution >= 4 is 55.1 Å². The highest BCUT2D eigenvalue weighted by molar-refractivity contribution is 9.10. The third-order valence-corrected chi connectivity index (χ3v) is 8.04. The number of hydrogen-bond donors (Lipinski definition) is 1. The van der Waals surface area contributed by atoms with E-state index in [9.17, 15) is 18.0 Å². The minimum absolute atomic E-state index is 0.0545. The van der Waals surface area contributed by atoms with Crippen molar-refractivity contribution in [1.29, 1.82) is 0 Å². The van der Waals surface area contributed by atoms with Crippen LogP contribution >= 0.6 is 27.5 Å². The number of nitrogens with one attached hydrogen (secondary N) is 1. The van der Waals surface area contributed by atoms with E-state index in [0.717, 1.165) is 8.78 Å². The lowest BCUT2D eigenvalue weighted by Gasteiger charge is -2.32. The number of benzene rings is 3. The highest BCUT2D eigenvalue weighted by atomic mass is 79.9. The molecule has 0 bridgehead atoms. The first-order valence-corrected chi connectivity index (χ1v) is 13.9. The van der Waals surface area contributed by atoms with Gasteiger partial charge in [-0.15, -0.1) is 0 Å². The van der Waals surface area contributed by atoms with Crippen LogP contribution in [0.3, 0.4) is 0 Å². The lowest BCUT2D eigenvalue weighted by Crippen LogP contribution is -2.51. The standard InChI is InChI=1S/C26H27BrClN3O4S/c1-3-29-26(33)19(2)30(17-20-8-7-9-22(28)16-20)25(32)18-31(23-14-12-21(27)13-15-23)36(34,35)24-10-5-4-6-11-24/h4-16,19H,3,17-18H2,1-2H3,(H,29,33)/t19-/m0/s1. The number of amides is 2. The number of halogens is 2. The number of anilines is 1. The van der Waals surface area contributed by atoms with E-state index in [1.54, 1.807) is 80.6 Å². The van der Waals surface area contributed by atoms with E-state index in [1.807, 2.05) is 0 Å². The molecule has 0 saturated heterocycles. The summed E-state index contributed by atoms with van der Waals surface area (Å²) in [5.41, 5.74) is 1.04. The zero-order chi connectivity index (χ0) is 26.3. The Morgan fingerprint density at radius 1 is 1.00 bits per heavy atom. The van der Waals surface area contributed by atoms with Crippen LogP contribution in [0.4, 0.5) is 5.69 Å². The third-order valence-electron chi connectivity index (χ3n) is 5.48. The van der Waals surface area contributed by atoms with E-state index >= 15 is 0 Å². The fourth-order valence-corrected chi connectivity index (χ4v) is 5.50. The molecule has 3 aromatic carbocycles. The topological polar surface area (TPSA) is 86.8 Å². The van der Waals surface area contributed by atoms with E-state index in [4.69, 9.17) is 11.6 Å². The Labute approximate surface area is 225 Å². The summed E-state index contributed by atoms with van der Waals surface area (Å²) < 4.78 is 29.1. The largest absolute Gasteiger partial charge is 0.355 e. The number of sulfonamides is 1. The zero-order valence-corrected chi connectivity index (χ0v) is 23.1. The first-order valence-electron chi connectivity index (χ1n) is 11.3. The molecule has 1 N–H and O–H groups in total. The highest BCUT2D eigenvalue weighted by Gasteiger charge is 2.32. The van der Waals surface area contributed by atoms with Crippen LogP contribution in [-0.2, 0) is 26.2 Å². The third kappa shape index (κ3) is 6.87. The molecule has 7 nitrogen and oxygen atoms in total. The lowest BCUT2D eigenvalue weighted by molar-refractivity contribution is -0.139. The molecule has 3 rings (SSSR count). The van der Waals surface area contributed by atoms with Crippen molar-refractivity contribution < 1.29 is 18.0 Å². The molecule has 0 fully saturated rings. The summed E-state index contributed by atoms with van der Waals surface area (Å²) in [6, 6.07) is 20.7. The number of nitrogens with zero attached hydrogens (tertiary/aromatic N) is 2. The molecule has 0 spiro atoms. The Morgan fingerprint density at radius 2 is 1.67 bits per heavy atom. The quantitative estimate of drug-likeness (QED) is 0.365. The Hall–Kier alpha value is -2.88. The summed E-state index contributed by atoms with van der Waals surface area (Å²) in [4.78, 5) is 27.8. The number of carbonyl (C=O) groups excluding carboxylic acids is 2. The Balaban J connectivity index is 2.01. The smallest absolute Gasteiger partial charge is 0.264 e. The van der Waals surface area contributed by atoms with Gasteiger partial charge in [0.2, 0.25) is 11.8 Å². The average Bonchev–Trinajstić information content (AvgIpc) is 2.86. The molecule has 0 aromatic heterocycles. The summed E-state index contributed by atoms with van der Waals surface area (Å²) in [5.74, 6) is -0.870. The minimum atomic E-state index is -4.08. The van der Waals surface area contributed by atoms with Gasteiger partial charge in [0.1, 0.15) is 12.6 Å². The Bertz CT molecular complexity index is 1300. The second-order valence-electron chi connectivity index (χ2n) is 8.02. The van der Waals surface area contributed by atoms with Gasteiger partial charge in [-0.05, 0) is 67.9 Å². The van der Waals surface area contributed by atoms with Crippen LogP contribution in [0, 0.1) is 0 Å².